The molecule has 0 unspecified atom stereocenters. The standard InChI is InChI=1S/C19H15NTe/c1-19(2)14-8-5-7-13-12-6-3-4-9-16(12)20(17(13)14)18-15(19)10-11-21-18/h3-11H,1-2H3. The van der Waals surface area contributed by atoms with Crippen LogP contribution in [0.2, 0.25) is 0 Å². The first-order valence-electron chi connectivity index (χ1n) is 7.30. The Balaban J connectivity index is 2.16. The van der Waals surface area contributed by atoms with E-state index < -0.39 is 0 Å². The van der Waals surface area contributed by atoms with Crippen LogP contribution in [0.1, 0.15) is 25.0 Å². The molecule has 102 valence electrons. The van der Waals surface area contributed by atoms with E-state index in [2.05, 4.69) is 71.0 Å². The van der Waals surface area contributed by atoms with Crippen LogP contribution in [0.4, 0.5) is 0 Å². The molecule has 0 atom stereocenters. The summed E-state index contributed by atoms with van der Waals surface area (Å²) in [5.74, 6) is 0. The molecule has 2 aromatic carbocycles. The Morgan fingerprint density at radius 1 is 0.857 bits per heavy atom. The molecular formula is C19H15NTe. The second kappa shape index (κ2) is 3.83. The molecule has 5 rings (SSSR count). The maximum atomic E-state index is 2.56. The van der Waals surface area contributed by atoms with E-state index in [1.807, 2.05) is 0 Å². The van der Waals surface area contributed by atoms with Gasteiger partial charge in [-0.25, -0.2) is 0 Å². The molecule has 0 saturated heterocycles. The fourth-order valence-electron chi connectivity index (χ4n) is 3.83. The van der Waals surface area contributed by atoms with E-state index in [0.29, 0.717) is 0 Å². The summed E-state index contributed by atoms with van der Waals surface area (Å²) in [4.78, 5) is 0. The van der Waals surface area contributed by atoms with Gasteiger partial charge in [-0.15, -0.1) is 0 Å². The molecule has 0 fully saturated rings. The van der Waals surface area contributed by atoms with Crippen LogP contribution in [-0.2, 0) is 5.41 Å². The van der Waals surface area contributed by atoms with E-state index in [1.165, 1.54) is 32.9 Å². The second-order valence-electron chi connectivity index (χ2n) is 6.32. The fourth-order valence-corrected chi connectivity index (χ4v) is 6.91. The number of rotatable bonds is 0. The summed E-state index contributed by atoms with van der Waals surface area (Å²) in [5.41, 5.74) is 5.94. The molecular weight excluding hydrogens is 370 g/mol. The molecule has 0 spiro atoms. The normalized spacial score (nSPS) is 15.5. The number of para-hydroxylation sites is 2. The number of nitrogens with zero attached hydrogens (tertiary/aromatic N) is 1. The van der Waals surface area contributed by atoms with Gasteiger partial charge < -0.3 is 0 Å². The summed E-state index contributed by atoms with van der Waals surface area (Å²) >= 11 is -0.212. The van der Waals surface area contributed by atoms with Crippen molar-refractivity contribution in [1.82, 2.24) is 4.57 Å². The first-order chi connectivity index (χ1) is 10.2. The Morgan fingerprint density at radius 3 is 2.57 bits per heavy atom. The van der Waals surface area contributed by atoms with Crippen molar-refractivity contribution < 1.29 is 0 Å². The topological polar surface area (TPSA) is 4.93 Å². The summed E-state index contributed by atoms with van der Waals surface area (Å²) in [6, 6.07) is 18.0. The van der Waals surface area contributed by atoms with E-state index in [0.717, 1.165) is 0 Å². The predicted molar refractivity (Wildman–Crippen MR) is 89.8 cm³/mol. The van der Waals surface area contributed by atoms with E-state index in [4.69, 9.17) is 0 Å². The zero-order chi connectivity index (χ0) is 14.2. The van der Waals surface area contributed by atoms with Gasteiger partial charge >= 0.3 is 134 Å². The van der Waals surface area contributed by atoms with Crippen molar-refractivity contribution in [2.24, 2.45) is 0 Å². The molecule has 0 N–H and O–H groups in total. The van der Waals surface area contributed by atoms with Gasteiger partial charge in [0.05, 0.1) is 0 Å². The van der Waals surface area contributed by atoms with Gasteiger partial charge in [-0.3, -0.25) is 0 Å². The first-order valence-corrected chi connectivity index (χ1v) is 9.81. The number of hydrogen-bond donors (Lipinski definition) is 0. The zero-order valence-electron chi connectivity index (χ0n) is 12.1. The first kappa shape index (κ1) is 12.1. The molecule has 3 heterocycles. The summed E-state index contributed by atoms with van der Waals surface area (Å²) in [7, 11) is 0. The van der Waals surface area contributed by atoms with Crippen LogP contribution in [0.5, 0.6) is 0 Å². The van der Waals surface area contributed by atoms with Gasteiger partial charge in [-0.1, -0.05) is 0 Å². The van der Waals surface area contributed by atoms with Gasteiger partial charge in [0.25, 0.3) is 0 Å². The minimum atomic E-state index is -0.212. The summed E-state index contributed by atoms with van der Waals surface area (Å²) < 4.78 is 6.59. The summed E-state index contributed by atoms with van der Waals surface area (Å²) in [6.45, 7) is 4.75. The second-order valence-corrected chi connectivity index (χ2v) is 8.87. The van der Waals surface area contributed by atoms with Crippen molar-refractivity contribution in [2.45, 2.75) is 19.3 Å². The Labute approximate surface area is 133 Å². The molecule has 4 aromatic rings. The van der Waals surface area contributed by atoms with E-state index in [-0.39, 0.29) is 25.8 Å². The third-order valence-corrected chi connectivity index (χ3v) is 7.45. The van der Waals surface area contributed by atoms with Gasteiger partial charge in [-0.05, 0) is 0 Å². The zero-order valence-corrected chi connectivity index (χ0v) is 14.4. The average molecular weight is 385 g/mol. The fraction of sp³-hybridized carbons (Fsp3) is 0.158. The van der Waals surface area contributed by atoms with Crippen LogP contribution < -0.4 is 0 Å². The molecule has 1 aliphatic heterocycles. The van der Waals surface area contributed by atoms with E-state index in [1.54, 1.807) is 3.70 Å². The quantitative estimate of drug-likeness (QED) is 0.394. The Hall–Kier alpha value is -1.49. The van der Waals surface area contributed by atoms with Crippen molar-refractivity contribution in [3.63, 3.8) is 0 Å². The molecule has 0 saturated carbocycles. The molecule has 2 heteroatoms. The van der Waals surface area contributed by atoms with Crippen molar-refractivity contribution in [1.29, 1.82) is 0 Å². The molecule has 0 radical (unpaired) electrons. The number of fused-ring (bicyclic) bond motifs is 5. The van der Waals surface area contributed by atoms with Crippen LogP contribution in [0.25, 0.3) is 25.5 Å². The predicted octanol–water partition coefficient (Wildman–Crippen LogP) is 4.48. The van der Waals surface area contributed by atoms with Gasteiger partial charge in [0.1, 0.15) is 0 Å². The van der Waals surface area contributed by atoms with Crippen LogP contribution in [0.15, 0.2) is 52.6 Å². The van der Waals surface area contributed by atoms with Crippen LogP contribution >= 0.6 is 0 Å². The van der Waals surface area contributed by atoms with Gasteiger partial charge in [0, 0.05) is 0 Å². The molecule has 2 aromatic heterocycles. The Morgan fingerprint density at radius 2 is 1.67 bits per heavy atom. The van der Waals surface area contributed by atoms with Crippen molar-refractivity contribution >= 4 is 42.2 Å². The third-order valence-electron chi connectivity index (χ3n) is 4.89. The van der Waals surface area contributed by atoms with Crippen LogP contribution in [0, 0.1) is 0 Å². The SMILES string of the molecule is CC1(C)c2cc[te]c2-n2c3ccccc3c3cccc1c32. The molecule has 0 bridgehead atoms. The molecule has 0 amide bonds. The van der Waals surface area contributed by atoms with Crippen molar-refractivity contribution in [3.8, 4) is 3.70 Å². The summed E-state index contributed by atoms with van der Waals surface area (Å²) in [6.07, 6.45) is 0. The molecule has 21 heavy (non-hydrogen) atoms. The maximum absolute atomic E-state index is 2.56. The van der Waals surface area contributed by atoms with E-state index >= 15 is 0 Å². The number of benzene rings is 2. The van der Waals surface area contributed by atoms with Crippen molar-refractivity contribution in [3.05, 3.63) is 63.7 Å². The average Bonchev–Trinajstić information content (AvgIpc) is 3.08. The van der Waals surface area contributed by atoms with Gasteiger partial charge in [0.2, 0.25) is 0 Å². The van der Waals surface area contributed by atoms with Crippen molar-refractivity contribution in [2.75, 3.05) is 0 Å². The monoisotopic (exact) mass is 387 g/mol. The van der Waals surface area contributed by atoms with Gasteiger partial charge in [0.15, 0.2) is 0 Å². The Kier molecular flexibility index (Phi) is 2.20. The molecule has 1 aliphatic rings. The number of aromatic nitrogens is 1. The van der Waals surface area contributed by atoms with Crippen LogP contribution in [0.3, 0.4) is 0 Å². The summed E-state index contributed by atoms with van der Waals surface area (Å²) in [5, 5.41) is 2.79. The minimum absolute atomic E-state index is 0.122. The van der Waals surface area contributed by atoms with Gasteiger partial charge in [-0.2, -0.15) is 0 Å². The molecule has 0 aliphatic carbocycles. The van der Waals surface area contributed by atoms with Crippen LogP contribution in [-0.4, -0.2) is 25.0 Å². The molecule has 1 nitrogen and oxygen atoms in total. The number of hydrogen-bond acceptors (Lipinski definition) is 0. The Bertz CT molecular complexity index is 1020. The third kappa shape index (κ3) is 1.33. The van der Waals surface area contributed by atoms with E-state index in [9.17, 15) is 0 Å².